The summed E-state index contributed by atoms with van der Waals surface area (Å²) in [6, 6.07) is 0. The fourth-order valence-electron chi connectivity index (χ4n) is 0.455. The lowest BCUT2D eigenvalue weighted by atomic mass is 10.5. The van der Waals surface area contributed by atoms with Crippen molar-refractivity contribution in [2.24, 2.45) is 0 Å². The largest absolute Gasteiger partial charge is 0.0950 e. The van der Waals surface area contributed by atoms with Crippen LogP contribution in [0.15, 0.2) is 23.9 Å². The molecule has 0 aromatic rings. The van der Waals surface area contributed by atoms with E-state index in [9.17, 15) is 0 Å². The molecule has 0 aliphatic rings. The molecule has 0 heterocycles. The number of allylic oxidation sites excluding steroid dienone is 3. The van der Waals surface area contributed by atoms with Gasteiger partial charge in [-0.05, 0) is 6.92 Å². The summed E-state index contributed by atoms with van der Waals surface area (Å²) in [6.45, 7) is 9.02. The highest BCUT2D eigenvalue weighted by Gasteiger charge is 2.04. The predicted octanol–water partition coefficient (Wildman–Crippen LogP) is 3.00. The van der Waals surface area contributed by atoms with Gasteiger partial charge in [-0.2, -0.15) is 0 Å². The molecule has 52 valence electrons. The summed E-state index contributed by atoms with van der Waals surface area (Å²) in [6.07, 6.45) is 6.28. The molecule has 0 aromatic carbocycles. The molecule has 0 radical (unpaired) electrons. The molecule has 0 saturated carbocycles. The Morgan fingerprint density at radius 3 is 1.89 bits per heavy atom. The fraction of sp³-hybridized carbons (Fsp3) is 0.500. The van der Waals surface area contributed by atoms with Crippen molar-refractivity contribution in [3.63, 3.8) is 0 Å². The van der Waals surface area contributed by atoms with Crippen molar-refractivity contribution >= 4 is 8.07 Å². The van der Waals surface area contributed by atoms with Crippen molar-refractivity contribution < 1.29 is 0 Å². The van der Waals surface area contributed by atoms with E-state index in [1.807, 2.05) is 6.92 Å². The van der Waals surface area contributed by atoms with Crippen molar-refractivity contribution in [1.82, 2.24) is 0 Å². The van der Waals surface area contributed by atoms with Gasteiger partial charge in [-0.25, -0.2) is 0 Å². The second-order valence-corrected chi connectivity index (χ2v) is 8.32. The highest BCUT2D eigenvalue weighted by Crippen LogP contribution is 2.01. The summed E-state index contributed by atoms with van der Waals surface area (Å²) in [5.41, 5.74) is 2.33. The Balaban J connectivity index is 3.71. The molecule has 0 bridgehead atoms. The first-order valence-electron chi connectivity index (χ1n) is 3.37. The Bertz CT molecular complexity index is 115. The van der Waals surface area contributed by atoms with Crippen LogP contribution < -0.4 is 0 Å². The summed E-state index contributed by atoms with van der Waals surface area (Å²) in [5.74, 6) is 0. The molecule has 0 spiro atoms. The Morgan fingerprint density at radius 2 is 1.56 bits per heavy atom. The first kappa shape index (κ1) is 8.70. The van der Waals surface area contributed by atoms with Gasteiger partial charge >= 0.3 is 0 Å². The van der Waals surface area contributed by atoms with Crippen LogP contribution in [0.1, 0.15) is 6.92 Å². The molecule has 0 nitrogen and oxygen atoms in total. The van der Waals surface area contributed by atoms with Crippen LogP contribution in [-0.4, -0.2) is 8.07 Å². The minimum Gasteiger partial charge on any atom is -0.0950 e. The maximum atomic E-state index is 2.33. The van der Waals surface area contributed by atoms with E-state index in [2.05, 4.69) is 43.6 Å². The lowest BCUT2D eigenvalue weighted by Crippen LogP contribution is -2.14. The molecule has 0 atom stereocenters. The van der Waals surface area contributed by atoms with Crippen LogP contribution >= 0.6 is 0 Å². The SMILES string of the molecule is C/C=C/C=C/[Si](C)(C)C. The topological polar surface area (TPSA) is 0 Å². The summed E-state index contributed by atoms with van der Waals surface area (Å²) >= 11 is 0. The van der Waals surface area contributed by atoms with Gasteiger partial charge in [-0.15, -0.1) is 0 Å². The molecule has 1 heteroatoms. The second kappa shape index (κ2) is 3.67. The van der Waals surface area contributed by atoms with Gasteiger partial charge in [-0.3, -0.25) is 0 Å². The third kappa shape index (κ3) is 7.70. The van der Waals surface area contributed by atoms with Crippen molar-refractivity contribution in [1.29, 1.82) is 0 Å². The van der Waals surface area contributed by atoms with Crippen molar-refractivity contribution in [3.8, 4) is 0 Å². The Kier molecular flexibility index (Phi) is 3.55. The van der Waals surface area contributed by atoms with Gasteiger partial charge in [0.05, 0.1) is 8.07 Å². The number of rotatable bonds is 2. The molecule has 0 aromatic heterocycles. The van der Waals surface area contributed by atoms with Crippen LogP contribution in [0.3, 0.4) is 0 Å². The normalized spacial score (nSPS) is 13.8. The van der Waals surface area contributed by atoms with Gasteiger partial charge in [-0.1, -0.05) is 43.6 Å². The molecule has 0 amide bonds. The van der Waals surface area contributed by atoms with Crippen LogP contribution in [0, 0.1) is 0 Å². The first-order chi connectivity index (χ1) is 4.06. The van der Waals surface area contributed by atoms with Gasteiger partial charge in [0.15, 0.2) is 0 Å². The van der Waals surface area contributed by atoms with Crippen LogP contribution in [0.5, 0.6) is 0 Å². The highest BCUT2D eigenvalue weighted by atomic mass is 28.3. The third-order valence-corrected chi connectivity index (χ3v) is 2.09. The first-order valence-corrected chi connectivity index (χ1v) is 6.94. The lowest BCUT2D eigenvalue weighted by molar-refractivity contribution is 1.71. The van der Waals surface area contributed by atoms with E-state index in [4.69, 9.17) is 0 Å². The van der Waals surface area contributed by atoms with E-state index in [0.717, 1.165) is 0 Å². The van der Waals surface area contributed by atoms with Crippen molar-refractivity contribution in [3.05, 3.63) is 23.9 Å². The van der Waals surface area contributed by atoms with E-state index < -0.39 is 8.07 Å². The van der Waals surface area contributed by atoms with E-state index >= 15 is 0 Å². The average molecular weight is 140 g/mol. The lowest BCUT2D eigenvalue weighted by Gasteiger charge is -2.06. The second-order valence-electron chi connectivity index (χ2n) is 3.25. The molecule has 0 fully saturated rings. The monoisotopic (exact) mass is 140 g/mol. The smallest absolute Gasteiger partial charge is 0.0686 e. The number of hydrogen-bond acceptors (Lipinski definition) is 0. The molecule has 0 saturated heterocycles. The standard InChI is InChI=1S/C8H16Si/c1-5-6-7-8-9(2,3)4/h5-8H,1-4H3/b6-5+,8-7+. The van der Waals surface area contributed by atoms with Gasteiger partial charge in [0, 0.05) is 0 Å². The van der Waals surface area contributed by atoms with Gasteiger partial charge in [0.1, 0.15) is 0 Å². The van der Waals surface area contributed by atoms with Gasteiger partial charge in [0.2, 0.25) is 0 Å². The Morgan fingerprint density at radius 1 is 1.00 bits per heavy atom. The zero-order valence-electron chi connectivity index (χ0n) is 6.81. The zero-order chi connectivity index (χ0) is 7.33. The van der Waals surface area contributed by atoms with E-state index in [1.54, 1.807) is 0 Å². The van der Waals surface area contributed by atoms with Crippen molar-refractivity contribution in [2.75, 3.05) is 0 Å². The highest BCUT2D eigenvalue weighted by molar-refractivity contribution is 6.80. The van der Waals surface area contributed by atoms with E-state index in [0.29, 0.717) is 0 Å². The minimum absolute atomic E-state index is 0.926. The quantitative estimate of drug-likeness (QED) is 0.408. The Labute approximate surface area is 59.3 Å². The van der Waals surface area contributed by atoms with Crippen LogP contribution in [-0.2, 0) is 0 Å². The summed E-state index contributed by atoms with van der Waals surface area (Å²) in [4.78, 5) is 0. The number of hydrogen-bond donors (Lipinski definition) is 0. The maximum Gasteiger partial charge on any atom is 0.0686 e. The molecular formula is C8H16Si. The molecule has 0 rings (SSSR count). The third-order valence-electron chi connectivity index (χ3n) is 0.900. The molecule has 0 N–H and O–H groups in total. The molecule has 0 unspecified atom stereocenters. The van der Waals surface area contributed by atoms with Crippen LogP contribution in [0.4, 0.5) is 0 Å². The average Bonchev–Trinajstić information content (AvgIpc) is 1.63. The molecule has 0 aliphatic carbocycles. The summed E-state index contributed by atoms with van der Waals surface area (Å²) in [5, 5.41) is 0. The van der Waals surface area contributed by atoms with E-state index in [-0.39, 0.29) is 0 Å². The van der Waals surface area contributed by atoms with Gasteiger partial charge < -0.3 is 0 Å². The molecule has 0 aliphatic heterocycles. The van der Waals surface area contributed by atoms with Crippen LogP contribution in [0.25, 0.3) is 0 Å². The van der Waals surface area contributed by atoms with Gasteiger partial charge in [0.25, 0.3) is 0 Å². The predicted molar refractivity (Wildman–Crippen MR) is 47.3 cm³/mol. The van der Waals surface area contributed by atoms with Crippen LogP contribution in [0.2, 0.25) is 19.6 Å². The molecule has 9 heavy (non-hydrogen) atoms. The summed E-state index contributed by atoms with van der Waals surface area (Å²) in [7, 11) is -0.926. The van der Waals surface area contributed by atoms with Crippen molar-refractivity contribution in [2.45, 2.75) is 26.6 Å². The minimum atomic E-state index is -0.926. The summed E-state index contributed by atoms with van der Waals surface area (Å²) < 4.78 is 0. The maximum absolute atomic E-state index is 2.33. The zero-order valence-corrected chi connectivity index (χ0v) is 7.81. The molecular weight excluding hydrogens is 124 g/mol. The fourth-order valence-corrected chi connectivity index (χ4v) is 1.14. The Hall–Kier alpha value is -0.303. The van der Waals surface area contributed by atoms with E-state index in [1.165, 1.54) is 0 Å².